The fourth-order valence-electron chi connectivity index (χ4n) is 3.87. The second-order valence-corrected chi connectivity index (χ2v) is 8.78. The van der Waals surface area contributed by atoms with Gasteiger partial charge in [-0.1, -0.05) is 59.3 Å². The largest absolute Gasteiger partial charge is 0.422 e. The lowest BCUT2D eigenvalue weighted by molar-refractivity contribution is 0.0994. The summed E-state index contributed by atoms with van der Waals surface area (Å²) in [7, 11) is 0. The minimum absolute atomic E-state index is 0.105. The number of carbonyl (C=O) groups is 1. The summed E-state index contributed by atoms with van der Waals surface area (Å²) >= 11 is 7.67. The van der Waals surface area contributed by atoms with Gasteiger partial charge < -0.3 is 8.98 Å². The Morgan fingerprint density at radius 2 is 2.00 bits per heavy atom. The summed E-state index contributed by atoms with van der Waals surface area (Å²) in [6.07, 6.45) is 1.73. The zero-order valence-corrected chi connectivity index (χ0v) is 18.7. The van der Waals surface area contributed by atoms with Gasteiger partial charge in [-0.3, -0.25) is 4.79 Å². The van der Waals surface area contributed by atoms with Crippen LogP contribution in [0.25, 0.3) is 32.0 Å². The summed E-state index contributed by atoms with van der Waals surface area (Å²) in [5, 5.41) is 3.22. The zero-order valence-electron chi connectivity index (χ0n) is 17.1. The molecule has 3 aromatic carbocycles. The van der Waals surface area contributed by atoms with Crippen molar-refractivity contribution in [3.8, 4) is 0 Å². The van der Waals surface area contributed by atoms with Crippen LogP contribution in [0.1, 0.15) is 15.9 Å². The van der Waals surface area contributed by atoms with Gasteiger partial charge in [-0.05, 0) is 47.5 Å². The van der Waals surface area contributed by atoms with E-state index < -0.39 is 11.5 Å². The predicted molar refractivity (Wildman–Crippen MR) is 130 cm³/mol. The molecule has 2 heterocycles. The van der Waals surface area contributed by atoms with Crippen molar-refractivity contribution in [2.24, 2.45) is 4.99 Å². The summed E-state index contributed by atoms with van der Waals surface area (Å²) in [6, 6.07) is 16.6. The maximum absolute atomic E-state index is 13.1. The van der Waals surface area contributed by atoms with E-state index in [1.165, 1.54) is 11.3 Å². The van der Waals surface area contributed by atoms with Crippen molar-refractivity contribution in [1.29, 1.82) is 0 Å². The van der Waals surface area contributed by atoms with E-state index in [0.717, 1.165) is 26.6 Å². The first-order valence-electron chi connectivity index (χ1n) is 9.92. The van der Waals surface area contributed by atoms with E-state index in [2.05, 4.69) is 11.6 Å². The number of fused-ring (bicyclic) bond motifs is 4. The molecule has 0 N–H and O–H groups in total. The van der Waals surface area contributed by atoms with Crippen molar-refractivity contribution in [3.63, 3.8) is 0 Å². The number of aryl methyl sites for hydroxylation is 1. The number of thiazole rings is 1. The maximum Gasteiger partial charge on any atom is 0.349 e. The summed E-state index contributed by atoms with van der Waals surface area (Å²) in [5.41, 5.74) is 1.40. The second-order valence-electron chi connectivity index (χ2n) is 7.37. The van der Waals surface area contributed by atoms with Crippen LogP contribution in [0.3, 0.4) is 0 Å². The number of amides is 1. The molecule has 158 valence electrons. The molecule has 0 saturated carbocycles. The quantitative estimate of drug-likeness (QED) is 0.193. The molecule has 0 aliphatic carbocycles. The molecular weight excluding hydrogens is 444 g/mol. The fourth-order valence-corrected chi connectivity index (χ4v) is 5.12. The molecule has 0 unspecified atom stereocenters. The third kappa shape index (κ3) is 3.28. The molecule has 0 aliphatic rings. The third-order valence-corrected chi connectivity index (χ3v) is 6.86. The molecular formula is C25H17ClN2O3S. The molecule has 0 radical (unpaired) electrons. The number of allylic oxidation sites excluding steroid dienone is 1. The van der Waals surface area contributed by atoms with Crippen molar-refractivity contribution in [1.82, 2.24) is 4.57 Å². The monoisotopic (exact) mass is 460 g/mol. The number of rotatable bonds is 3. The Balaban J connectivity index is 1.74. The third-order valence-electron chi connectivity index (χ3n) is 5.41. The van der Waals surface area contributed by atoms with Crippen molar-refractivity contribution in [3.05, 3.63) is 98.6 Å². The minimum atomic E-state index is -0.711. The van der Waals surface area contributed by atoms with E-state index in [0.29, 0.717) is 27.3 Å². The van der Waals surface area contributed by atoms with E-state index in [1.807, 2.05) is 54.0 Å². The second kappa shape index (κ2) is 7.89. The normalized spacial score (nSPS) is 12.1. The van der Waals surface area contributed by atoms with E-state index in [-0.39, 0.29) is 5.56 Å². The van der Waals surface area contributed by atoms with Crippen molar-refractivity contribution < 1.29 is 9.21 Å². The lowest BCUT2D eigenvalue weighted by atomic mass is 10.0. The number of hydrogen-bond donors (Lipinski definition) is 0. The molecule has 5 nitrogen and oxygen atoms in total. The Morgan fingerprint density at radius 1 is 1.19 bits per heavy atom. The van der Waals surface area contributed by atoms with Gasteiger partial charge in [0.25, 0.3) is 5.91 Å². The number of hydrogen-bond acceptors (Lipinski definition) is 4. The van der Waals surface area contributed by atoms with Gasteiger partial charge in [-0.15, -0.1) is 6.58 Å². The van der Waals surface area contributed by atoms with E-state index >= 15 is 0 Å². The van der Waals surface area contributed by atoms with E-state index in [9.17, 15) is 9.59 Å². The SMILES string of the molecule is C=CCn1c(=NC(=O)c2cc3c(ccc4ccccc43)oc2=O)sc2ccc(Cl)c(C)c21. The Bertz CT molecular complexity index is 1690. The molecule has 2 aromatic heterocycles. The van der Waals surface area contributed by atoms with Crippen molar-refractivity contribution >= 4 is 60.8 Å². The highest BCUT2D eigenvalue weighted by molar-refractivity contribution is 7.16. The smallest absolute Gasteiger partial charge is 0.349 e. The Hall–Kier alpha value is -3.48. The highest BCUT2D eigenvalue weighted by atomic mass is 35.5. The van der Waals surface area contributed by atoms with Gasteiger partial charge in [0.2, 0.25) is 0 Å². The Kier molecular flexibility index (Phi) is 5.04. The molecule has 0 saturated heterocycles. The highest BCUT2D eigenvalue weighted by Crippen LogP contribution is 2.28. The molecule has 0 aliphatic heterocycles. The summed E-state index contributed by atoms with van der Waals surface area (Å²) in [4.78, 5) is 30.5. The average molecular weight is 461 g/mol. The van der Waals surface area contributed by atoms with Gasteiger partial charge in [0.15, 0.2) is 4.80 Å². The van der Waals surface area contributed by atoms with Gasteiger partial charge in [0.05, 0.1) is 10.2 Å². The molecule has 5 rings (SSSR count). The molecule has 7 heteroatoms. The standard InChI is InChI=1S/C25H17ClN2O3S/c1-3-12-28-22-14(2)19(26)9-11-21(22)32-25(28)27-23(29)18-13-17-16-7-5-4-6-15(16)8-10-20(17)31-24(18)30/h3-11,13H,1,12H2,2H3. The van der Waals surface area contributed by atoms with Gasteiger partial charge in [-0.2, -0.15) is 4.99 Å². The van der Waals surface area contributed by atoms with Crippen LogP contribution >= 0.6 is 22.9 Å². The first-order chi connectivity index (χ1) is 15.5. The minimum Gasteiger partial charge on any atom is -0.422 e. The molecule has 0 bridgehead atoms. The first kappa shape index (κ1) is 20.4. The molecule has 0 spiro atoms. The van der Waals surface area contributed by atoms with E-state index in [4.69, 9.17) is 16.0 Å². The zero-order chi connectivity index (χ0) is 22.4. The van der Waals surface area contributed by atoms with Crippen LogP contribution in [0, 0.1) is 6.92 Å². The van der Waals surface area contributed by atoms with Gasteiger partial charge in [0, 0.05) is 17.0 Å². The fraction of sp³-hybridized carbons (Fsp3) is 0.0800. The van der Waals surface area contributed by atoms with Gasteiger partial charge in [0.1, 0.15) is 11.1 Å². The van der Waals surface area contributed by atoms with Crippen LogP contribution < -0.4 is 10.4 Å². The van der Waals surface area contributed by atoms with Gasteiger partial charge in [-0.25, -0.2) is 4.79 Å². The maximum atomic E-state index is 13.1. The number of halogens is 1. The summed E-state index contributed by atoms with van der Waals surface area (Å²) in [5.74, 6) is -0.651. The first-order valence-corrected chi connectivity index (χ1v) is 11.1. The van der Waals surface area contributed by atoms with Crippen molar-refractivity contribution in [2.75, 3.05) is 0 Å². The molecule has 0 atom stereocenters. The molecule has 5 aromatic rings. The highest BCUT2D eigenvalue weighted by Gasteiger charge is 2.16. The Labute approximate surface area is 191 Å². The number of carbonyl (C=O) groups excluding carboxylic acids is 1. The number of aromatic nitrogens is 1. The van der Waals surface area contributed by atoms with Crippen LogP contribution in [0.2, 0.25) is 5.02 Å². The molecule has 0 fully saturated rings. The number of nitrogens with zero attached hydrogens (tertiary/aromatic N) is 2. The average Bonchev–Trinajstić information content (AvgIpc) is 3.13. The van der Waals surface area contributed by atoms with Gasteiger partial charge >= 0.3 is 5.63 Å². The molecule has 32 heavy (non-hydrogen) atoms. The lowest BCUT2D eigenvalue weighted by Gasteiger charge is -2.05. The van der Waals surface area contributed by atoms with Crippen LogP contribution in [-0.4, -0.2) is 10.5 Å². The predicted octanol–water partition coefficient (Wildman–Crippen LogP) is 5.85. The van der Waals surface area contributed by atoms with E-state index in [1.54, 1.807) is 18.2 Å². The lowest BCUT2D eigenvalue weighted by Crippen LogP contribution is -2.19. The topological polar surface area (TPSA) is 64.6 Å². The molecule has 1 amide bonds. The number of benzene rings is 3. The van der Waals surface area contributed by atoms with Crippen LogP contribution in [-0.2, 0) is 6.54 Å². The Morgan fingerprint density at radius 3 is 2.81 bits per heavy atom. The summed E-state index contributed by atoms with van der Waals surface area (Å²) in [6.45, 7) is 6.18. The summed E-state index contributed by atoms with van der Waals surface area (Å²) < 4.78 is 8.28. The van der Waals surface area contributed by atoms with Crippen LogP contribution in [0.5, 0.6) is 0 Å². The van der Waals surface area contributed by atoms with Crippen LogP contribution in [0.4, 0.5) is 0 Å². The van der Waals surface area contributed by atoms with Crippen LogP contribution in [0.15, 0.2) is 81.5 Å². The van der Waals surface area contributed by atoms with Crippen molar-refractivity contribution in [2.45, 2.75) is 13.5 Å².